The molecule has 2 amide bonds. The second kappa shape index (κ2) is 10.5. The molecular formula is C28H34N2O5. The number of nitrogens with zero attached hydrogens (tertiary/aromatic N) is 1. The van der Waals surface area contributed by atoms with E-state index in [0.717, 1.165) is 22.3 Å². The predicted octanol–water partition coefficient (Wildman–Crippen LogP) is 4.51. The van der Waals surface area contributed by atoms with Crippen LogP contribution in [0.2, 0.25) is 0 Å². The van der Waals surface area contributed by atoms with Gasteiger partial charge < -0.3 is 20.1 Å². The lowest BCUT2D eigenvalue weighted by atomic mass is 9.87. The molecule has 7 heteroatoms. The van der Waals surface area contributed by atoms with Gasteiger partial charge in [0.15, 0.2) is 0 Å². The average Bonchev–Trinajstić information content (AvgIpc) is 3.16. The summed E-state index contributed by atoms with van der Waals surface area (Å²) >= 11 is 0. The summed E-state index contributed by atoms with van der Waals surface area (Å²) in [7, 11) is 0. The molecule has 1 saturated heterocycles. The fourth-order valence-electron chi connectivity index (χ4n) is 5.45. The molecule has 35 heavy (non-hydrogen) atoms. The summed E-state index contributed by atoms with van der Waals surface area (Å²) in [6, 6.07) is 15.9. The minimum atomic E-state index is -0.868. The Morgan fingerprint density at radius 1 is 1.06 bits per heavy atom. The Morgan fingerprint density at radius 3 is 2.23 bits per heavy atom. The molecule has 0 bridgehead atoms. The number of alkyl carbamates (subject to hydrolysis) is 1. The number of benzene rings is 2. The fourth-order valence-corrected chi connectivity index (χ4v) is 5.45. The highest BCUT2D eigenvalue weighted by atomic mass is 16.5. The molecule has 1 fully saturated rings. The van der Waals surface area contributed by atoms with Crippen LogP contribution in [-0.2, 0) is 14.3 Å². The van der Waals surface area contributed by atoms with Gasteiger partial charge >= 0.3 is 12.1 Å². The maximum atomic E-state index is 13.3. The van der Waals surface area contributed by atoms with Crippen LogP contribution in [0.3, 0.4) is 0 Å². The van der Waals surface area contributed by atoms with Gasteiger partial charge in [0.1, 0.15) is 6.61 Å². The maximum Gasteiger partial charge on any atom is 0.407 e. The Bertz CT molecular complexity index is 1050. The number of nitrogens with one attached hydrogen (secondary N) is 1. The molecule has 3 atom stereocenters. The number of carboxylic acid groups (broad SMARTS) is 1. The molecular weight excluding hydrogens is 444 g/mol. The molecule has 2 N–H and O–H groups in total. The summed E-state index contributed by atoms with van der Waals surface area (Å²) in [5, 5.41) is 12.3. The van der Waals surface area contributed by atoms with E-state index in [1.165, 1.54) is 0 Å². The van der Waals surface area contributed by atoms with Crippen molar-refractivity contribution in [1.82, 2.24) is 10.2 Å². The monoisotopic (exact) mass is 478 g/mol. The van der Waals surface area contributed by atoms with Crippen LogP contribution in [0.5, 0.6) is 0 Å². The van der Waals surface area contributed by atoms with Crippen LogP contribution in [0.25, 0.3) is 11.1 Å². The molecule has 0 saturated carbocycles. The number of amides is 2. The molecule has 1 aliphatic carbocycles. The van der Waals surface area contributed by atoms with Crippen molar-refractivity contribution in [3.8, 4) is 11.1 Å². The summed E-state index contributed by atoms with van der Waals surface area (Å²) in [6.07, 6.45) is 0.683. The molecule has 7 nitrogen and oxygen atoms in total. The van der Waals surface area contributed by atoms with Gasteiger partial charge in [-0.3, -0.25) is 9.59 Å². The number of carbonyl (C=O) groups excluding carboxylic acids is 2. The standard InChI is InChI=1S/C28H34N2O5/c1-17(2)24(26(31)30-14-8-13-19(18(30)3)27(32)33)15-29-28(34)35-16-25-22-11-6-4-9-20(22)21-10-5-7-12-23(21)25/h4-7,9-12,17-19,24-25H,8,13-16H2,1-3H3,(H,29,34)(H,32,33). The van der Waals surface area contributed by atoms with Crippen LogP contribution >= 0.6 is 0 Å². The Hall–Kier alpha value is -3.35. The van der Waals surface area contributed by atoms with Crippen LogP contribution in [-0.4, -0.2) is 53.7 Å². The zero-order valence-corrected chi connectivity index (χ0v) is 20.6. The van der Waals surface area contributed by atoms with E-state index in [1.54, 1.807) is 11.8 Å². The number of piperidine rings is 1. The van der Waals surface area contributed by atoms with Crippen molar-refractivity contribution < 1.29 is 24.2 Å². The highest BCUT2D eigenvalue weighted by Crippen LogP contribution is 2.44. The highest BCUT2D eigenvalue weighted by molar-refractivity contribution is 5.82. The van der Waals surface area contributed by atoms with Gasteiger partial charge in [-0.1, -0.05) is 62.4 Å². The first kappa shape index (κ1) is 24.8. The van der Waals surface area contributed by atoms with E-state index in [9.17, 15) is 19.5 Å². The van der Waals surface area contributed by atoms with E-state index in [1.807, 2.05) is 38.1 Å². The molecule has 0 aromatic heterocycles. The van der Waals surface area contributed by atoms with Crippen molar-refractivity contribution in [2.24, 2.45) is 17.8 Å². The molecule has 1 heterocycles. The third-order valence-electron chi connectivity index (χ3n) is 7.52. The van der Waals surface area contributed by atoms with Gasteiger partial charge in [0.25, 0.3) is 0 Å². The van der Waals surface area contributed by atoms with Crippen molar-refractivity contribution in [1.29, 1.82) is 0 Å². The van der Waals surface area contributed by atoms with Crippen LogP contribution < -0.4 is 5.32 Å². The summed E-state index contributed by atoms with van der Waals surface area (Å²) in [6.45, 7) is 6.57. The number of fused-ring (bicyclic) bond motifs is 3. The van der Waals surface area contributed by atoms with E-state index in [4.69, 9.17) is 4.74 Å². The quantitative estimate of drug-likeness (QED) is 0.611. The topological polar surface area (TPSA) is 95.9 Å². The molecule has 4 rings (SSSR count). The molecule has 2 aromatic carbocycles. The van der Waals surface area contributed by atoms with Gasteiger partial charge in [0.05, 0.1) is 11.8 Å². The first-order chi connectivity index (χ1) is 16.8. The van der Waals surface area contributed by atoms with E-state index >= 15 is 0 Å². The molecule has 3 unspecified atom stereocenters. The van der Waals surface area contributed by atoms with E-state index in [0.29, 0.717) is 19.4 Å². The lowest BCUT2D eigenvalue weighted by molar-refractivity contribution is -0.151. The Balaban J connectivity index is 1.37. The zero-order valence-electron chi connectivity index (χ0n) is 20.6. The van der Waals surface area contributed by atoms with E-state index in [2.05, 4.69) is 29.6 Å². The van der Waals surface area contributed by atoms with Gasteiger partial charge in [-0.15, -0.1) is 0 Å². The first-order valence-electron chi connectivity index (χ1n) is 12.4. The SMILES string of the molecule is CC(C)C(CNC(=O)OCC1c2ccccc2-c2ccccc21)C(=O)N1CCCC(C(=O)O)C1C. The van der Waals surface area contributed by atoms with Gasteiger partial charge in [-0.05, 0) is 47.9 Å². The zero-order chi connectivity index (χ0) is 25.1. The number of likely N-dealkylation sites (tertiary alicyclic amines) is 1. The molecule has 2 aliphatic rings. The van der Waals surface area contributed by atoms with Crippen molar-refractivity contribution in [3.63, 3.8) is 0 Å². The Morgan fingerprint density at radius 2 is 1.66 bits per heavy atom. The second-order valence-corrected chi connectivity index (χ2v) is 9.92. The first-order valence-corrected chi connectivity index (χ1v) is 12.4. The van der Waals surface area contributed by atoms with Crippen molar-refractivity contribution >= 4 is 18.0 Å². The van der Waals surface area contributed by atoms with Crippen LogP contribution in [0.4, 0.5) is 4.79 Å². The van der Waals surface area contributed by atoms with Crippen LogP contribution in [0.1, 0.15) is 50.7 Å². The third-order valence-corrected chi connectivity index (χ3v) is 7.52. The van der Waals surface area contributed by atoms with Crippen LogP contribution in [0, 0.1) is 17.8 Å². The number of carbonyl (C=O) groups is 3. The van der Waals surface area contributed by atoms with E-state index in [-0.39, 0.29) is 36.9 Å². The van der Waals surface area contributed by atoms with Crippen molar-refractivity contribution in [2.45, 2.75) is 45.6 Å². The number of aliphatic carboxylic acids is 1. The minimum Gasteiger partial charge on any atom is -0.481 e. The molecule has 1 aliphatic heterocycles. The number of hydrogen-bond donors (Lipinski definition) is 2. The molecule has 0 spiro atoms. The Labute approximate surface area is 206 Å². The largest absolute Gasteiger partial charge is 0.481 e. The smallest absolute Gasteiger partial charge is 0.407 e. The fraction of sp³-hybridized carbons (Fsp3) is 0.464. The summed E-state index contributed by atoms with van der Waals surface area (Å²) in [5.74, 6) is -2.04. The number of rotatable bonds is 7. The van der Waals surface area contributed by atoms with Gasteiger partial charge in [0.2, 0.25) is 5.91 Å². The lowest BCUT2D eigenvalue weighted by Crippen LogP contribution is -2.53. The number of hydrogen-bond acceptors (Lipinski definition) is 4. The molecule has 0 radical (unpaired) electrons. The Kier molecular flexibility index (Phi) is 7.43. The van der Waals surface area contributed by atoms with Crippen LogP contribution in [0.15, 0.2) is 48.5 Å². The number of carboxylic acids is 1. The highest BCUT2D eigenvalue weighted by Gasteiger charge is 2.38. The summed E-state index contributed by atoms with van der Waals surface area (Å²) in [4.78, 5) is 39.2. The van der Waals surface area contributed by atoms with Crippen molar-refractivity contribution in [2.75, 3.05) is 19.7 Å². The summed E-state index contributed by atoms with van der Waals surface area (Å²) < 4.78 is 5.61. The average molecular weight is 479 g/mol. The minimum absolute atomic E-state index is 0.0196. The van der Waals surface area contributed by atoms with Gasteiger partial charge in [-0.25, -0.2) is 4.79 Å². The van der Waals surface area contributed by atoms with E-state index < -0.39 is 23.9 Å². The lowest BCUT2D eigenvalue weighted by Gasteiger charge is -2.40. The molecule has 2 aromatic rings. The van der Waals surface area contributed by atoms with Gasteiger partial charge in [-0.2, -0.15) is 0 Å². The summed E-state index contributed by atoms with van der Waals surface area (Å²) in [5.41, 5.74) is 4.61. The van der Waals surface area contributed by atoms with Gasteiger partial charge in [0, 0.05) is 25.0 Å². The maximum absolute atomic E-state index is 13.3. The number of ether oxygens (including phenoxy) is 1. The van der Waals surface area contributed by atoms with Crippen molar-refractivity contribution in [3.05, 3.63) is 59.7 Å². The molecule has 186 valence electrons. The third kappa shape index (κ3) is 5.04. The second-order valence-electron chi connectivity index (χ2n) is 9.92. The normalized spacial score (nSPS) is 20.2. The predicted molar refractivity (Wildman–Crippen MR) is 133 cm³/mol.